The first-order chi connectivity index (χ1) is 15.0. The van der Waals surface area contributed by atoms with E-state index < -0.39 is 13.9 Å². The second-order valence-electron chi connectivity index (χ2n) is 11.3. The predicted molar refractivity (Wildman–Crippen MR) is 132 cm³/mol. The Labute approximate surface area is 194 Å². The van der Waals surface area contributed by atoms with Gasteiger partial charge in [-0.25, -0.2) is 4.79 Å². The number of fused-ring (bicyclic) bond motifs is 1. The van der Waals surface area contributed by atoms with Gasteiger partial charge in [-0.3, -0.25) is 4.90 Å². The summed E-state index contributed by atoms with van der Waals surface area (Å²) in [5.41, 5.74) is -0.493. The Morgan fingerprint density at radius 3 is 1.91 bits per heavy atom. The molecule has 0 bridgehead atoms. The van der Waals surface area contributed by atoms with E-state index in [1.54, 1.807) is 0 Å². The molecule has 0 aromatic heterocycles. The van der Waals surface area contributed by atoms with E-state index >= 15 is 0 Å². The van der Waals surface area contributed by atoms with Gasteiger partial charge in [0.05, 0.1) is 12.6 Å². The molecule has 4 nitrogen and oxygen atoms in total. The number of hydrogen-bond acceptors (Lipinski definition) is 3. The minimum Gasteiger partial charge on any atom is -0.444 e. The summed E-state index contributed by atoms with van der Waals surface area (Å²) < 4.78 is 12.9. The fourth-order valence-corrected chi connectivity index (χ4v) is 9.89. The van der Waals surface area contributed by atoms with Crippen molar-refractivity contribution in [3.8, 4) is 0 Å². The number of likely N-dealkylation sites (tertiary alicyclic amines) is 1. The maximum Gasteiger partial charge on any atom is 0.410 e. The van der Waals surface area contributed by atoms with Gasteiger partial charge >= 0.3 is 6.09 Å². The lowest BCUT2D eigenvalue weighted by atomic mass is 10.2. The molecule has 172 valence electrons. The first-order valence-corrected chi connectivity index (χ1v) is 13.7. The van der Waals surface area contributed by atoms with Crippen molar-refractivity contribution in [2.75, 3.05) is 6.61 Å². The molecule has 2 fully saturated rings. The van der Waals surface area contributed by atoms with E-state index in [9.17, 15) is 4.79 Å². The topological polar surface area (TPSA) is 38.8 Å². The molecule has 1 saturated heterocycles. The zero-order chi connectivity index (χ0) is 23.1. The second-order valence-corrected chi connectivity index (χ2v) is 15.6. The number of carbonyl (C=O) groups excluding carboxylic acids is 1. The molecule has 1 heterocycles. The molecule has 3 atom stereocenters. The summed E-state index contributed by atoms with van der Waals surface area (Å²) in [6.45, 7) is 13.2. The highest BCUT2D eigenvalue weighted by atomic mass is 28.4. The van der Waals surface area contributed by atoms with Gasteiger partial charge in [0.1, 0.15) is 5.60 Å². The van der Waals surface area contributed by atoms with Crippen LogP contribution in [0.3, 0.4) is 0 Å². The highest BCUT2D eigenvalue weighted by Gasteiger charge is 2.57. The average Bonchev–Trinajstić information content (AvgIpc) is 3.37. The zero-order valence-corrected chi connectivity index (χ0v) is 21.3. The minimum absolute atomic E-state index is 0.0650. The maximum atomic E-state index is 13.0. The Bertz CT molecular complexity index is 893. The van der Waals surface area contributed by atoms with Gasteiger partial charge in [0.2, 0.25) is 0 Å². The summed E-state index contributed by atoms with van der Waals surface area (Å²) >= 11 is 0. The predicted octanol–water partition coefficient (Wildman–Crippen LogP) is 4.96. The summed E-state index contributed by atoms with van der Waals surface area (Å²) in [5.74, 6) is 0.593. The molecule has 32 heavy (non-hydrogen) atoms. The van der Waals surface area contributed by atoms with Crippen molar-refractivity contribution in [1.29, 1.82) is 0 Å². The summed E-state index contributed by atoms with van der Waals surface area (Å²) in [6, 6.07) is 21.8. The molecule has 0 radical (unpaired) electrons. The molecule has 4 rings (SSSR count). The number of amides is 1. The first kappa shape index (κ1) is 23.1. The van der Waals surface area contributed by atoms with Crippen molar-refractivity contribution < 1.29 is 14.0 Å². The number of piperidine rings is 1. The smallest absolute Gasteiger partial charge is 0.410 e. The number of hydrogen-bond donors (Lipinski definition) is 0. The van der Waals surface area contributed by atoms with Crippen LogP contribution in [0.2, 0.25) is 5.04 Å². The molecule has 2 aromatic carbocycles. The molecule has 0 N–H and O–H groups in total. The lowest BCUT2D eigenvalue weighted by molar-refractivity contribution is 0.0135. The summed E-state index contributed by atoms with van der Waals surface area (Å²) in [6.07, 6.45) is 1.90. The summed E-state index contributed by atoms with van der Waals surface area (Å²) in [7, 11) is -2.61. The molecule has 1 saturated carbocycles. The highest BCUT2D eigenvalue weighted by molar-refractivity contribution is 6.99. The lowest BCUT2D eigenvalue weighted by Gasteiger charge is -2.44. The third-order valence-electron chi connectivity index (χ3n) is 6.72. The average molecular weight is 452 g/mol. The van der Waals surface area contributed by atoms with Crippen LogP contribution in [0, 0.1) is 5.92 Å². The zero-order valence-electron chi connectivity index (χ0n) is 20.3. The molecule has 1 amide bonds. The molecular weight excluding hydrogens is 414 g/mol. The van der Waals surface area contributed by atoms with Gasteiger partial charge in [-0.1, -0.05) is 81.4 Å². The van der Waals surface area contributed by atoms with Crippen molar-refractivity contribution in [2.45, 2.75) is 77.1 Å². The highest BCUT2D eigenvalue weighted by Crippen LogP contribution is 2.49. The van der Waals surface area contributed by atoms with E-state index in [1.165, 1.54) is 10.4 Å². The Morgan fingerprint density at radius 2 is 1.44 bits per heavy atom. The molecule has 1 aliphatic carbocycles. The van der Waals surface area contributed by atoms with Crippen LogP contribution in [0.5, 0.6) is 0 Å². The van der Waals surface area contributed by atoms with Crippen LogP contribution in [0.4, 0.5) is 4.79 Å². The van der Waals surface area contributed by atoms with Gasteiger partial charge in [0.15, 0.2) is 0 Å². The largest absolute Gasteiger partial charge is 0.444 e. The van der Waals surface area contributed by atoms with Crippen molar-refractivity contribution in [3.63, 3.8) is 0 Å². The van der Waals surface area contributed by atoms with Crippen molar-refractivity contribution >= 4 is 24.8 Å². The SMILES string of the molecule is CC(C)(C)OC(=O)N1[C@H](CO[Si](c2ccccc2)(c2ccccc2)C(C)(C)C)C[C@@H]2C[C@@H]21. The number of benzene rings is 2. The molecule has 2 aromatic rings. The van der Waals surface area contributed by atoms with Crippen LogP contribution in [-0.2, 0) is 9.16 Å². The fourth-order valence-electron chi connectivity index (χ4n) is 5.29. The number of carbonyl (C=O) groups is 1. The van der Waals surface area contributed by atoms with Crippen LogP contribution in [0.25, 0.3) is 0 Å². The van der Waals surface area contributed by atoms with Crippen LogP contribution in [-0.4, -0.2) is 43.6 Å². The molecule has 5 heteroatoms. The van der Waals surface area contributed by atoms with Crippen LogP contribution < -0.4 is 10.4 Å². The van der Waals surface area contributed by atoms with E-state index in [0.29, 0.717) is 18.6 Å². The van der Waals surface area contributed by atoms with E-state index in [4.69, 9.17) is 9.16 Å². The maximum absolute atomic E-state index is 13.0. The number of rotatable bonds is 5. The third-order valence-corrected chi connectivity index (χ3v) is 11.7. The summed E-state index contributed by atoms with van der Waals surface area (Å²) in [5, 5.41) is 2.46. The van der Waals surface area contributed by atoms with Gasteiger partial charge < -0.3 is 9.16 Å². The Hall–Kier alpha value is -2.11. The van der Waals surface area contributed by atoms with Crippen molar-refractivity contribution in [3.05, 3.63) is 60.7 Å². The van der Waals surface area contributed by atoms with Crippen molar-refractivity contribution in [1.82, 2.24) is 4.90 Å². The van der Waals surface area contributed by atoms with E-state index in [2.05, 4.69) is 81.4 Å². The van der Waals surface area contributed by atoms with Gasteiger partial charge in [-0.2, -0.15) is 0 Å². The minimum atomic E-state index is -2.61. The molecular formula is C27H37NO3Si. The fraction of sp³-hybridized carbons (Fsp3) is 0.519. The van der Waals surface area contributed by atoms with Gasteiger partial charge in [-0.15, -0.1) is 0 Å². The summed E-state index contributed by atoms with van der Waals surface area (Å²) in [4.78, 5) is 15.0. The monoisotopic (exact) mass is 451 g/mol. The molecule has 0 spiro atoms. The van der Waals surface area contributed by atoms with E-state index in [-0.39, 0.29) is 17.2 Å². The molecule has 1 aliphatic heterocycles. The van der Waals surface area contributed by atoms with Crippen LogP contribution in [0.1, 0.15) is 54.4 Å². The Balaban J connectivity index is 1.66. The lowest BCUT2D eigenvalue weighted by Crippen LogP contribution is -2.67. The first-order valence-electron chi connectivity index (χ1n) is 11.8. The van der Waals surface area contributed by atoms with Gasteiger partial charge in [0.25, 0.3) is 8.32 Å². The van der Waals surface area contributed by atoms with Crippen LogP contribution >= 0.6 is 0 Å². The number of ether oxygens (including phenoxy) is 1. The molecule has 0 unspecified atom stereocenters. The normalized spacial score (nSPS) is 23.1. The second kappa shape index (κ2) is 8.34. The van der Waals surface area contributed by atoms with Crippen molar-refractivity contribution in [2.24, 2.45) is 5.92 Å². The van der Waals surface area contributed by atoms with E-state index in [0.717, 1.165) is 12.8 Å². The number of nitrogens with zero attached hydrogens (tertiary/aromatic N) is 1. The van der Waals surface area contributed by atoms with Gasteiger partial charge in [-0.05, 0) is 54.9 Å². The van der Waals surface area contributed by atoms with Crippen LogP contribution in [0.15, 0.2) is 60.7 Å². The quantitative estimate of drug-likeness (QED) is 0.603. The third kappa shape index (κ3) is 4.37. The van der Waals surface area contributed by atoms with E-state index in [1.807, 2.05) is 25.7 Å². The molecule has 2 aliphatic rings. The Morgan fingerprint density at radius 1 is 0.906 bits per heavy atom. The van der Waals surface area contributed by atoms with Gasteiger partial charge in [0, 0.05) is 6.04 Å². The standard InChI is InChI=1S/C27H37NO3Si/c1-26(2,3)31-25(29)28-21(17-20-18-24(20)28)19-30-32(27(4,5)6,22-13-9-7-10-14-22)23-15-11-8-12-16-23/h7-16,20-21,24H,17-19H2,1-6H3/t20-,21+,24+/m1/s1. The Kier molecular flexibility index (Phi) is 6.01.